The van der Waals surface area contributed by atoms with Gasteiger partial charge >= 0.3 is 12.1 Å². The highest BCUT2D eigenvalue weighted by Crippen LogP contribution is 2.32. The molecule has 7 nitrogen and oxygen atoms in total. The van der Waals surface area contributed by atoms with Gasteiger partial charge in [-0.2, -0.15) is 13.2 Å². The number of nitrogens with one attached hydrogen (secondary N) is 1. The zero-order valence-corrected chi connectivity index (χ0v) is 17.6. The third-order valence-corrected chi connectivity index (χ3v) is 5.40. The number of alkyl halides is 3. The number of anilines is 1. The first-order valence-electron chi connectivity index (χ1n) is 9.31. The largest absolute Gasteiger partial charge is 0.452 e. The monoisotopic (exact) mass is 478 g/mol. The molecular formula is C22H17F3N2O5S. The lowest BCUT2D eigenvalue weighted by Crippen LogP contribution is -2.21. The van der Waals surface area contributed by atoms with Crippen LogP contribution in [0.4, 0.5) is 18.9 Å². The van der Waals surface area contributed by atoms with E-state index in [4.69, 9.17) is 9.88 Å². The van der Waals surface area contributed by atoms with Crippen molar-refractivity contribution in [2.45, 2.75) is 11.1 Å². The van der Waals surface area contributed by atoms with Gasteiger partial charge in [0.1, 0.15) is 0 Å². The molecule has 0 aromatic heterocycles. The first-order valence-corrected chi connectivity index (χ1v) is 10.9. The van der Waals surface area contributed by atoms with E-state index in [-0.39, 0.29) is 16.1 Å². The number of carbonyl (C=O) groups excluding carboxylic acids is 2. The second-order valence-electron chi connectivity index (χ2n) is 6.81. The summed E-state index contributed by atoms with van der Waals surface area (Å²) in [6.07, 6.45) is -4.48. The summed E-state index contributed by atoms with van der Waals surface area (Å²) < 4.78 is 65.9. The molecule has 0 aliphatic carbocycles. The Labute approximate surface area is 187 Å². The SMILES string of the molecule is NS(=O)(=O)c1ccc(NC(=O)COC(=O)c2ccccc2-c2ccc(C(F)(F)F)cc2)cc1. The fourth-order valence-electron chi connectivity index (χ4n) is 2.89. The van der Waals surface area contributed by atoms with Crippen LogP contribution in [0.5, 0.6) is 0 Å². The van der Waals surface area contributed by atoms with E-state index < -0.39 is 40.2 Å². The average Bonchev–Trinajstić information content (AvgIpc) is 2.77. The third-order valence-electron chi connectivity index (χ3n) is 4.47. The van der Waals surface area contributed by atoms with Crippen LogP contribution < -0.4 is 10.5 Å². The molecule has 3 N–H and O–H groups in total. The summed E-state index contributed by atoms with van der Waals surface area (Å²) in [5, 5.41) is 7.44. The lowest BCUT2D eigenvalue weighted by molar-refractivity contribution is -0.137. The second-order valence-corrected chi connectivity index (χ2v) is 8.38. The first kappa shape index (κ1) is 24.0. The Morgan fingerprint density at radius 1 is 0.909 bits per heavy atom. The lowest BCUT2D eigenvalue weighted by atomic mass is 9.98. The van der Waals surface area contributed by atoms with Crippen LogP contribution >= 0.6 is 0 Å². The minimum atomic E-state index is -4.48. The van der Waals surface area contributed by atoms with E-state index in [1.807, 2.05) is 0 Å². The van der Waals surface area contributed by atoms with Crippen LogP contribution in [0.1, 0.15) is 15.9 Å². The minimum Gasteiger partial charge on any atom is -0.452 e. The molecule has 0 spiro atoms. The van der Waals surface area contributed by atoms with Crippen LogP contribution in [0.25, 0.3) is 11.1 Å². The smallest absolute Gasteiger partial charge is 0.416 e. The molecule has 0 aliphatic rings. The fraction of sp³-hybridized carbons (Fsp3) is 0.0909. The van der Waals surface area contributed by atoms with Gasteiger partial charge in [0, 0.05) is 5.69 Å². The van der Waals surface area contributed by atoms with Gasteiger partial charge in [-0.3, -0.25) is 4.79 Å². The summed E-state index contributed by atoms with van der Waals surface area (Å²) in [5.41, 5.74) is 0.224. The minimum absolute atomic E-state index is 0.0718. The first-order chi connectivity index (χ1) is 15.4. The molecule has 3 rings (SSSR count). The van der Waals surface area contributed by atoms with E-state index in [1.165, 1.54) is 42.5 Å². The van der Waals surface area contributed by atoms with Gasteiger partial charge in [0.15, 0.2) is 6.61 Å². The number of sulfonamides is 1. The molecule has 0 radical (unpaired) electrons. The van der Waals surface area contributed by atoms with Gasteiger partial charge in [-0.05, 0) is 53.6 Å². The summed E-state index contributed by atoms with van der Waals surface area (Å²) in [4.78, 5) is 24.5. The van der Waals surface area contributed by atoms with E-state index in [1.54, 1.807) is 18.2 Å². The number of amides is 1. The van der Waals surface area contributed by atoms with Gasteiger partial charge in [-0.25, -0.2) is 18.4 Å². The maximum absolute atomic E-state index is 12.8. The van der Waals surface area contributed by atoms with Crippen molar-refractivity contribution in [2.24, 2.45) is 5.14 Å². The van der Waals surface area contributed by atoms with E-state index in [9.17, 15) is 31.2 Å². The number of nitrogens with two attached hydrogens (primary N) is 1. The molecule has 0 unspecified atom stereocenters. The molecule has 1 amide bonds. The molecular weight excluding hydrogens is 461 g/mol. The Morgan fingerprint density at radius 3 is 2.09 bits per heavy atom. The summed E-state index contributed by atoms with van der Waals surface area (Å²) in [6, 6.07) is 15.5. The van der Waals surface area contributed by atoms with Crippen molar-refractivity contribution in [3.8, 4) is 11.1 Å². The van der Waals surface area contributed by atoms with Crippen LogP contribution in [-0.4, -0.2) is 26.9 Å². The van der Waals surface area contributed by atoms with Crippen molar-refractivity contribution in [1.29, 1.82) is 0 Å². The topological polar surface area (TPSA) is 116 Å². The van der Waals surface area contributed by atoms with Crippen molar-refractivity contribution < 1.29 is 35.9 Å². The number of esters is 1. The van der Waals surface area contributed by atoms with Gasteiger partial charge in [-0.1, -0.05) is 30.3 Å². The number of hydrogen-bond donors (Lipinski definition) is 2. The highest BCUT2D eigenvalue weighted by molar-refractivity contribution is 7.89. The Kier molecular flexibility index (Phi) is 6.84. The van der Waals surface area contributed by atoms with E-state index in [2.05, 4.69) is 5.32 Å². The Bertz CT molecular complexity index is 1270. The molecule has 0 fully saturated rings. The molecule has 0 saturated heterocycles. The van der Waals surface area contributed by atoms with E-state index >= 15 is 0 Å². The highest BCUT2D eigenvalue weighted by atomic mass is 32.2. The number of halogens is 3. The standard InChI is InChI=1S/C22H17F3N2O5S/c23-22(24,25)15-7-5-14(6-8-15)18-3-1-2-4-19(18)21(29)32-13-20(28)27-16-9-11-17(12-10-16)33(26,30)31/h1-12H,13H2,(H,27,28)(H2,26,30,31). The zero-order valence-electron chi connectivity index (χ0n) is 16.8. The highest BCUT2D eigenvalue weighted by Gasteiger charge is 2.30. The number of ether oxygens (including phenoxy) is 1. The molecule has 0 heterocycles. The Morgan fingerprint density at radius 2 is 1.52 bits per heavy atom. The fourth-order valence-corrected chi connectivity index (χ4v) is 3.40. The number of hydrogen-bond acceptors (Lipinski definition) is 5. The van der Waals surface area contributed by atoms with Crippen LogP contribution in [0, 0.1) is 0 Å². The molecule has 3 aromatic carbocycles. The van der Waals surface area contributed by atoms with Gasteiger partial charge in [0.2, 0.25) is 10.0 Å². The zero-order chi connectivity index (χ0) is 24.2. The van der Waals surface area contributed by atoms with Crippen molar-refractivity contribution in [3.63, 3.8) is 0 Å². The van der Waals surface area contributed by atoms with Crippen molar-refractivity contribution >= 4 is 27.6 Å². The van der Waals surface area contributed by atoms with Gasteiger partial charge in [-0.15, -0.1) is 0 Å². The summed E-state index contributed by atoms with van der Waals surface area (Å²) in [7, 11) is -3.87. The Balaban J connectivity index is 1.67. The molecule has 33 heavy (non-hydrogen) atoms. The van der Waals surface area contributed by atoms with Crippen molar-refractivity contribution in [1.82, 2.24) is 0 Å². The summed E-state index contributed by atoms with van der Waals surface area (Å²) >= 11 is 0. The molecule has 3 aromatic rings. The summed E-state index contributed by atoms with van der Waals surface area (Å²) in [6.45, 7) is -0.642. The third kappa shape index (κ3) is 6.18. The van der Waals surface area contributed by atoms with Crippen LogP contribution in [0.2, 0.25) is 0 Å². The predicted octanol–water partition coefficient (Wildman–Crippen LogP) is 3.82. The molecule has 0 saturated carbocycles. The van der Waals surface area contributed by atoms with Gasteiger partial charge < -0.3 is 10.1 Å². The van der Waals surface area contributed by atoms with Gasteiger partial charge in [0.05, 0.1) is 16.0 Å². The maximum atomic E-state index is 12.8. The van der Waals surface area contributed by atoms with Crippen LogP contribution in [0.3, 0.4) is 0 Å². The molecule has 172 valence electrons. The lowest BCUT2D eigenvalue weighted by Gasteiger charge is -2.12. The van der Waals surface area contributed by atoms with E-state index in [0.717, 1.165) is 12.1 Å². The van der Waals surface area contributed by atoms with Crippen molar-refractivity contribution in [3.05, 3.63) is 83.9 Å². The van der Waals surface area contributed by atoms with Crippen molar-refractivity contribution in [2.75, 3.05) is 11.9 Å². The number of benzene rings is 3. The number of primary sulfonamides is 1. The molecule has 11 heteroatoms. The summed E-state index contributed by atoms with van der Waals surface area (Å²) in [5.74, 6) is -1.52. The van der Waals surface area contributed by atoms with Crippen LogP contribution in [0.15, 0.2) is 77.7 Å². The maximum Gasteiger partial charge on any atom is 0.416 e. The number of carbonyl (C=O) groups is 2. The molecule has 0 aliphatic heterocycles. The number of rotatable bonds is 6. The Hall–Kier alpha value is -3.70. The predicted molar refractivity (Wildman–Crippen MR) is 114 cm³/mol. The average molecular weight is 478 g/mol. The normalized spacial score (nSPS) is 11.6. The van der Waals surface area contributed by atoms with Gasteiger partial charge in [0.25, 0.3) is 5.91 Å². The molecule has 0 bridgehead atoms. The second kappa shape index (κ2) is 9.43. The quantitative estimate of drug-likeness (QED) is 0.523. The van der Waals surface area contributed by atoms with E-state index in [0.29, 0.717) is 11.1 Å². The molecule has 0 atom stereocenters. The van der Waals surface area contributed by atoms with Crippen LogP contribution in [-0.2, 0) is 25.7 Å².